The highest BCUT2D eigenvalue weighted by Gasteiger charge is 2.15. The lowest BCUT2D eigenvalue weighted by atomic mass is 10.1. The Kier molecular flexibility index (Phi) is 3.27. The molecule has 2 nitrogen and oxygen atoms in total. The maximum Gasteiger partial charge on any atom is 0.138 e. The summed E-state index contributed by atoms with van der Waals surface area (Å²) < 4.78 is 11.0. The van der Waals surface area contributed by atoms with Gasteiger partial charge in [0.15, 0.2) is 0 Å². The molecule has 76 valence electrons. The molecule has 1 aromatic rings. The van der Waals surface area contributed by atoms with E-state index >= 15 is 0 Å². The molecule has 0 atom stereocenters. The Balaban J connectivity index is 1.99. The lowest BCUT2D eigenvalue weighted by molar-refractivity contribution is 0.0256. The first kappa shape index (κ1) is 9.81. The van der Waals surface area contributed by atoms with Crippen molar-refractivity contribution in [3.05, 3.63) is 29.3 Å². The van der Waals surface area contributed by atoms with Crippen LogP contribution in [0.25, 0.3) is 0 Å². The number of benzene rings is 1. The SMILES string of the molecule is Clc1ccccc1OC1CCOCC1. The third-order valence-corrected chi connectivity index (χ3v) is 2.61. The van der Waals surface area contributed by atoms with Gasteiger partial charge < -0.3 is 9.47 Å². The van der Waals surface area contributed by atoms with Crippen LogP contribution in [0.3, 0.4) is 0 Å². The Labute approximate surface area is 88.8 Å². The first-order chi connectivity index (χ1) is 6.86. The molecule has 2 rings (SSSR count). The summed E-state index contributed by atoms with van der Waals surface area (Å²) in [6.45, 7) is 1.57. The van der Waals surface area contributed by atoms with Crippen LogP contribution in [0.1, 0.15) is 12.8 Å². The fourth-order valence-electron chi connectivity index (χ4n) is 1.51. The lowest BCUT2D eigenvalue weighted by Crippen LogP contribution is -2.25. The molecule has 0 amide bonds. The zero-order valence-corrected chi connectivity index (χ0v) is 8.67. The first-order valence-corrected chi connectivity index (χ1v) is 5.23. The fraction of sp³-hybridized carbons (Fsp3) is 0.455. The van der Waals surface area contributed by atoms with Crippen molar-refractivity contribution in [1.29, 1.82) is 0 Å². The summed E-state index contributed by atoms with van der Waals surface area (Å²) in [6, 6.07) is 7.58. The Morgan fingerprint density at radius 1 is 1.21 bits per heavy atom. The summed E-state index contributed by atoms with van der Waals surface area (Å²) in [6.07, 6.45) is 2.15. The first-order valence-electron chi connectivity index (χ1n) is 4.85. The third-order valence-electron chi connectivity index (χ3n) is 2.30. The lowest BCUT2D eigenvalue weighted by Gasteiger charge is -2.23. The quantitative estimate of drug-likeness (QED) is 0.751. The highest BCUT2D eigenvalue weighted by molar-refractivity contribution is 6.32. The minimum absolute atomic E-state index is 0.253. The van der Waals surface area contributed by atoms with E-state index in [1.54, 1.807) is 0 Å². The zero-order valence-electron chi connectivity index (χ0n) is 7.91. The molecule has 1 aromatic carbocycles. The van der Waals surface area contributed by atoms with Crippen molar-refractivity contribution in [3.63, 3.8) is 0 Å². The highest BCUT2D eigenvalue weighted by Crippen LogP contribution is 2.26. The number of hydrogen-bond donors (Lipinski definition) is 0. The molecule has 14 heavy (non-hydrogen) atoms. The normalized spacial score (nSPS) is 18.1. The van der Waals surface area contributed by atoms with Crippen molar-refractivity contribution in [3.8, 4) is 5.75 Å². The van der Waals surface area contributed by atoms with Crippen molar-refractivity contribution in [2.45, 2.75) is 18.9 Å². The van der Waals surface area contributed by atoms with Crippen LogP contribution in [0.15, 0.2) is 24.3 Å². The molecule has 3 heteroatoms. The molecule has 1 heterocycles. The summed E-state index contributed by atoms with van der Waals surface area (Å²) in [4.78, 5) is 0. The van der Waals surface area contributed by atoms with Gasteiger partial charge in [0, 0.05) is 12.8 Å². The fourth-order valence-corrected chi connectivity index (χ4v) is 1.69. The van der Waals surface area contributed by atoms with Crippen molar-refractivity contribution in [2.75, 3.05) is 13.2 Å². The van der Waals surface area contributed by atoms with E-state index in [-0.39, 0.29) is 6.10 Å². The summed E-state index contributed by atoms with van der Waals surface area (Å²) in [5.41, 5.74) is 0. The van der Waals surface area contributed by atoms with Crippen LogP contribution in [0, 0.1) is 0 Å². The predicted octanol–water partition coefficient (Wildman–Crippen LogP) is 2.90. The van der Waals surface area contributed by atoms with Crippen molar-refractivity contribution >= 4 is 11.6 Å². The molecule has 0 saturated carbocycles. The standard InChI is InChI=1S/C11H13ClO2/c12-10-3-1-2-4-11(10)14-9-5-7-13-8-6-9/h1-4,9H,5-8H2. The van der Waals surface area contributed by atoms with Crippen LogP contribution in [0.2, 0.25) is 5.02 Å². The molecule has 1 fully saturated rings. The van der Waals surface area contributed by atoms with E-state index in [1.165, 1.54) is 0 Å². The number of hydrogen-bond acceptors (Lipinski definition) is 2. The molecule has 0 aliphatic carbocycles. The number of rotatable bonds is 2. The monoisotopic (exact) mass is 212 g/mol. The predicted molar refractivity (Wildman–Crippen MR) is 55.9 cm³/mol. The van der Waals surface area contributed by atoms with Crippen LogP contribution in [0.4, 0.5) is 0 Å². The van der Waals surface area contributed by atoms with E-state index in [1.807, 2.05) is 24.3 Å². The van der Waals surface area contributed by atoms with Gasteiger partial charge in [-0.1, -0.05) is 23.7 Å². The molecule has 0 aromatic heterocycles. The van der Waals surface area contributed by atoms with Crippen molar-refractivity contribution in [1.82, 2.24) is 0 Å². The van der Waals surface area contributed by atoms with Gasteiger partial charge in [-0.2, -0.15) is 0 Å². The van der Waals surface area contributed by atoms with Gasteiger partial charge in [-0.05, 0) is 12.1 Å². The van der Waals surface area contributed by atoms with Gasteiger partial charge in [0.1, 0.15) is 11.9 Å². The Morgan fingerprint density at radius 2 is 1.93 bits per heavy atom. The molecule has 1 aliphatic rings. The minimum Gasteiger partial charge on any atom is -0.489 e. The molecular formula is C11H13ClO2. The van der Waals surface area contributed by atoms with E-state index in [0.29, 0.717) is 5.02 Å². The van der Waals surface area contributed by atoms with E-state index in [9.17, 15) is 0 Å². The van der Waals surface area contributed by atoms with E-state index in [4.69, 9.17) is 21.1 Å². The van der Waals surface area contributed by atoms with Gasteiger partial charge in [-0.25, -0.2) is 0 Å². The number of halogens is 1. The van der Waals surface area contributed by atoms with E-state index in [0.717, 1.165) is 31.8 Å². The van der Waals surface area contributed by atoms with E-state index < -0.39 is 0 Å². The summed E-state index contributed by atoms with van der Waals surface area (Å²) in [7, 11) is 0. The Bertz CT molecular complexity index is 295. The number of ether oxygens (including phenoxy) is 2. The second kappa shape index (κ2) is 4.67. The second-order valence-corrected chi connectivity index (χ2v) is 3.77. The van der Waals surface area contributed by atoms with Crippen LogP contribution >= 0.6 is 11.6 Å². The Morgan fingerprint density at radius 3 is 2.64 bits per heavy atom. The summed E-state index contributed by atoms with van der Waals surface area (Å²) in [5.74, 6) is 0.779. The van der Waals surface area contributed by atoms with Crippen LogP contribution < -0.4 is 4.74 Å². The second-order valence-electron chi connectivity index (χ2n) is 3.36. The topological polar surface area (TPSA) is 18.5 Å². The average molecular weight is 213 g/mol. The van der Waals surface area contributed by atoms with Gasteiger partial charge in [-0.15, -0.1) is 0 Å². The van der Waals surface area contributed by atoms with Gasteiger partial charge >= 0.3 is 0 Å². The van der Waals surface area contributed by atoms with Crippen LogP contribution in [-0.2, 0) is 4.74 Å². The zero-order chi connectivity index (χ0) is 9.80. The molecule has 0 unspecified atom stereocenters. The van der Waals surface area contributed by atoms with Crippen molar-refractivity contribution in [2.24, 2.45) is 0 Å². The highest BCUT2D eigenvalue weighted by atomic mass is 35.5. The van der Waals surface area contributed by atoms with Gasteiger partial charge in [0.25, 0.3) is 0 Å². The van der Waals surface area contributed by atoms with Crippen LogP contribution in [0.5, 0.6) is 5.75 Å². The van der Waals surface area contributed by atoms with Crippen LogP contribution in [-0.4, -0.2) is 19.3 Å². The molecule has 0 bridgehead atoms. The summed E-state index contributed by atoms with van der Waals surface area (Å²) in [5, 5.41) is 0.680. The van der Waals surface area contributed by atoms with E-state index in [2.05, 4.69) is 0 Å². The van der Waals surface area contributed by atoms with Crippen molar-refractivity contribution < 1.29 is 9.47 Å². The van der Waals surface area contributed by atoms with Gasteiger partial charge in [0.2, 0.25) is 0 Å². The average Bonchev–Trinajstić information content (AvgIpc) is 2.23. The summed E-state index contributed by atoms with van der Waals surface area (Å²) >= 11 is 5.99. The molecular weight excluding hydrogens is 200 g/mol. The largest absolute Gasteiger partial charge is 0.489 e. The minimum atomic E-state index is 0.253. The Hall–Kier alpha value is -0.730. The molecule has 1 aliphatic heterocycles. The van der Waals surface area contributed by atoms with Gasteiger partial charge in [0.05, 0.1) is 18.2 Å². The molecule has 1 saturated heterocycles. The number of para-hydroxylation sites is 1. The smallest absolute Gasteiger partial charge is 0.138 e. The third kappa shape index (κ3) is 2.40. The molecule has 0 spiro atoms. The molecule has 0 N–H and O–H groups in total. The maximum absolute atomic E-state index is 5.99. The molecule has 0 radical (unpaired) electrons. The maximum atomic E-state index is 5.99. The van der Waals surface area contributed by atoms with Gasteiger partial charge in [-0.3, -0.25) is 0 Å².